The molecule has 18 heavy (non-hydrogen) atoms. The molecule has 98 valence electrons. The molecule has 7 heteroatoms. The van der Waals surface area contributed by atoms with Crippen LogP contribution in [0.2, 0.25) is 0 Å². The first kappa shape index (κ1) is 14.7. The first-order chi connectivity index (χ1) is 8.43. The maximum Gasteiger partial charge on any atom is 0.332 e. The van der Waals surface area contributed by atoms with Crippen molar-refractivity contribution in [2.24, 2.45) is 7.05 Å². The van der Waals surface area contributed by atoms with E-state index < -0.39 is 5.97 Å². The number of amides is 1. The summed E-state index contributed by atoms with van der Waals surface area (Å²) in [6.45, 7) is 3.63. The highest BCUT2D eigenvalue weighted by Gasteiger charge is 2.14. The van der Waals surface area contributed by atoms with Crippen molar-refractivity contribution in [1.29, 1.82) is 0 Å². The first-order valence-electron chi connectivity index (χ1n) is 5.29. The molecule has 0 saturated carbocycles. The highest BCUT2D eigenvalue weighted by molar-refractivity contribution is 14.1. The number of halogens is 1. The van der Waals surface area contributed by atoms with Crippen LogP contribution in [-0.4, -0.2) is 28.3 Å². The number of esters is 1. The topological polar surface area (TPSA) is 73.2 Å². The molecule has 1 amide bonds. The molecule has 1 heterocycles. The van der Waals surface area contributed by atoms with Crippen LogP contribution < -0.4 is 5.32 Å². The van der Waals surface area contributed by atoms with Gasteiger partial charge in [-0.2, -0.15) is 5.10 Å². The lowest BCUT2D eigenvalue weighted by molar-refractivity contribution is -0.137. The molecule has 0 fully saturated rings. The lowest BCUT2D eigenvalue weighted by Gasteiger charge is -2.03. The van der Waals surface area contributed by atoms with E-state index in [1.54, 1.807) is 31.8 Å². The molecular weight excluding hydrogens is 349 g/mol. The number of aryl methyl sites for hydroxylation is 1. The van der Waals surface area contributed by atoms with Crippen LogP contribution in [0, 0.1) is 3.57 Å². The van der Waals surface area contributed by atoms with Crippen molar-refractivity contribution in [1.82, 2.24) is 15.1 Å². The lowest BCUT2D eigenvalue weighted by atomic mass is 10.3. The molecule has 0 aliphatic heterocycles. The quantitative estimate of drug-likeness (QED) is 0.496. The maximum absolute atomic E-state index is 11.8. The number of hydrogen-bond acceptors (Lipinski definition) is 4. The summed E-state index contributed by atoms with van der Waals surface area (Å²) in [5.74, 6) is -0.830. The summed E-state index contributed by atoms with van der Waals surface area (Å²) < 4.78 is 7.04. The predicted octanol–water partition coefficient (Wildman–Crippen LogP) is 1.22. The van der Waals surface area contributed by atoms with Gasteiger partial charge in [-0.25, -0.2) is 4.79 Å². The van der Waals surface area contributed by atoms with Gasteiger partial charge in [-0.3, -0.25) is 9.48 Å². The molecular formula is C11H14IN3O3. The Balaban J connectivity index is 2.70. The maximum atomic E-state index is 11.8. The van der Waals surface area contributed by atoms with Crippen molar-refractivity contribution < 1.29 is 14.3 Å². The molecule has 0 bridgehead atoms. The van der Waals surface area contributed by atoms with Gasteiger partial charge in [0.1, 0.15) is 0 Å². The van der Waals surface area contributed by atoms with Crippen molar-refractivity contribution in [3.63, 3.8) is 0 Å². The van der Waals surface area contributed by atoms with E-state index in [1.807, 2.05) is 22.6 Å². The second-order valence-corrected chi connectivity index (χ2v) is 4.70. The van der Waals surface area contributed by atoms with Crippen LogP contribution in [-0.2, 0) is 16.6 Å². The molecule has 0 saturated heterocycles. The Hall–Kier alpha value is -1.38. The van der Waals surface area contributed by atoms with Gasteiger partial charge >= 0.3 is 5.97 Å². The van der Waals surface area contributed by atoms with Crippen molar-refractivity contribution >= 4 is 34.5 Å². The van der Waals surface area contributed by atoms with Gasteiger partial charge in [0, 0.05) is 25.0 Å². The predicted molar refractivity (Wildman–Crippen MR) is 73.8 cm³/mol. The minimum absolute atomic E-state index is 0.300. The van der Waals surface area contributed by atoms with Crippen LogP contribution in [0.3, 0.4) is 0 Å². The fraction of sp³-hybridized carbons (Fsp3) is 0.364. The number of allylic oxidation sites excluding steroid dienone is 1. The minimum Gasteiger partial charge on any atom is -0.463 e. The molecule has 1 aromatic heterocycles. The van der Waals surface area contributed by atoms with Crippen LogP contribution in [0.1, 0.15) is 24.3 Å². The van der Waals surface area contributed by atoms with E-state index in [-0.39, 0.29) is 5.91 Å². The molecule has 0 aliphatic rings. The van der Waals surface area contributed by atoms with Crippen LogP contribution in [0.15, 0.2) is 18.0 Å². The Kier molecular flexibility index (Phi) is 5.32. The molecule has 0 atom stereocenters. The molecule has 1 rings (SSSR count). The van der Waals surface area contributed by atoms with Crippen molar-refractivity contribution in [3.8, 4) is 0 Å². The zero-order chi connectivity index (χ0) is 13.7. The van der Waals surface area contributed by atoms with Crippen molar-refractivity contribution in [2.75, 3.05) is 6.61 Å². The summed E-state index contributed by atoms with van der Waals surface area (Å²) in [5, 5.41) is 6.61. The third-order valence-electron chi connectivity index (χ3n) is 1.93. The standard InChI is InChI=1S/C11H14IN3O3/c1-4-18-9(16)5-7(2)13-11(17)10-8(12)6-15(3)14-10/h5-6H,4H2,1-3H3,(H,13,17)/b7-5+. The van der Waals surface area contributed by atoms with E-state index >= 15 is 0 Å². The zero-order valence-corrected chi connectivity index (χ0v) is 12.5. The molecule has 0 aliphatic carbocycles. The highest BCUT2D eigenvalue weighted by atomic mass is 127. The zero-order valence-electron chi connectivity index (χ0n) is 10.4. The minimum atomic E-state index is -0.481. The number of carbonyl (C=O) groups is 2. The summed E-state index contributed by atoms with van der Waals surface area (Å²) in [4.78, 5) is 23.0. The van der Waals surface area contributed by atoms with E-state index in [9.17, 15) is 9.59 Å². The average molecular weight is 363 g/mol. The fourth-order valence-corrected chi connectivity index (χ4v) is 2.00. The Labute approximate surface area is 119 Å². The van der Waals surface area contributed by atoms with Gasteiger partial charge in [0.05, 0.1) is 10.2 Å². The summed E-state index contributed by atoms with van der Waals surface area (Å²) in [6, 6.07) is 0. The third-order valence-corrected chi connectivity index (χ3v) is 2.72. The smallest absolute Gasteiger partial charge is 0.332 e. The van der Waals surface area contributed by atoms with Crippen LogP contribution >= 0.6 is 22.6 Å². The Morgan fingerprint density at radius 1 is 1.61 bits per heavy atom. The third kappa shape index (κ3) is 4.13. The molecule has 1 N–H and O–H groups in total. The number of nitrogens with one attached hydrogen (secondary N) is 1. The Bertz CT molecular complexity index is 494. The van der Waals surface area contributed by atoms with Gasteiger partial charge in [0.2, 0.25) is 0 Å². The summed E-state index contributed by atoms with van der Waals surface area (Å²) in [5.41, 5.74) is 0.745. The number of carbonyl (C=O) groups excluding carboxylic acids is 2. The number of nitrogens with zero attached hydrogens (tertiary/aromatic N) is 2. The van der Waals surface area contributed by atoms with Crippen LogP contribution in [0.25, 0.3) is 0 Å². The van der Waals surface area contributed by atoms with Gasteiger partial charge in [-0.1, -0.05) is 0 Å². The summed E-state index contributed by atoms with van der Waals surface area (Å²) in [7, 11) is 1.74. The number of aromatic nitrogens is 2. The van der Waals surface area contributed by atoms with Crippen molar-refractivity contribution in [3.05, 3.63) is 27.2 Å². The van der Waals surface area contributed by atoms with Crippen LogP contribution in [0.4, 0.5) is 0 Å². The second kappa shape index (κ2) is 6.53. The number of ether oxygens (including phenoxy) is 1. The Morgan fingerprint density at radius 3 is 2.78 bits per heavy atom. The number of hydrogen-bond donors (Lipinski definition) is 1. The SMILES string of the molecule is CCOC(=O)/C=C(\C)NC(=O)c1nn(C)cc1I. The van der Waals surface area contributed by atoms with Gasteiger partial charge in [0.15, 0.2) is 5.69 Å². The summed E-state index contributed by atoms with van der Waals surface area (Å²) in [6.07, 6.45) is 2.97. The van der Waals surface area contributed by atoms with Gasteiger partial charge in [0.25, 0.3) is 5.91 Å². The molecule has 0 aromatic carbocycles. The molecule has 0 unspecified atom stereocenters. The molecule has 0 radical (unpaired) electrons. The largest absolute Gasteiger partial charge is 0.463 e. The normalized spacial score (nSPS) is 11.2. The van der Waals surface area contributed by atoms with E-state index in [4.69, 9.17) is 4.74 Å². The number of rotatable bonds is 4. The average Bonchev–Trinajstić information content (AvgIpc) is 2.57. The molecule has 1 aromatic rings. The Morgan fingerprint density at radius 2 is 2.28 bits per heavy atom. The fourth-order valence-electron chi connectivity index (χ4n) is 1.25. The van der Waals surface area contributed by atoms with Gasteiger partial charge in [-0.15, -0.1) is 0 Å². The van der Waals surface area contributed by atoms with E-state index in [1.165, 1.54) is 6.08 Å². The second-order valence-electron chi connectivity index (χ2n) is 3.53. The van der Waals surface area contributed by atoms with Gasteiger partial charge < -0.3 is 10.1 Å². The first-order valence-corrected chi connectivity index (χ1v) is 6.37. The van der Waals surface area contributed by atoms with E-state index in [0.717, 1.165) is 3.57 Å². The monoisotopic (exact) mass is 363 g/mol. The van der Waals surface area contributed by atoms with Crippen molar-refractivity contribution in [2.45, 2.75) is 13.8 Å². The molecule has 0 spiro atoms. The van der Waals surface area contributed by atoms with Crippen LogP contribution in [0.5, 0.6) is 0 Å². The highest BCUT2D eigenvalue weighted by Crippen LogP contribution is 2.09. The van der Waals surface area contributed by atoms with E-state index in [0.29, 0.717) is 18.0 Å². The lowest BCUT2D eigenvalue weighted by Crippen LogP contribution is -2.23. The van der Waals surface area contributed by atoms with Gasteiger partial charge in [-0.05, 0) is 36.4 Å². The summed E-state index contributed by atoms with van der Waals surface area (Å²) >= 11 is 2.03. The molecule has 6 nitrogen and oxygen atoms in total. The van der Waals surface area contributed by atoms with E-state index in [2.05, 4.69) is 10.4 Å².